The van der Waals surface area contributed by atoms with Crippen LogP contribution in [0.15, 0.2) is 18.2 Å². The lowest BCUT2D eigenvalue weighted by Crippen LogP contribution is -2.28. The molecule has 1 rings (SSSR count). The van der Waals surface area contributed by atoms with Crippen LogP contribution in [-0.4, -0.2) is 12.6 Å². The van der Waals surface area contributed by atoms with E-state index in [0.717, 1.165) is 13.0 Å². The molecule has 0 bridgehead atoms. The molecule has 0 saturated heterocycles. The Morgan fingerprint density at radius 3 is 2.61 bits per heavy atom. The van der Waals surface area contributed by atoms with Gasteiger partial charge in [-0.25, -0.2) is 4.39 Å². The second-order valence-electron chi connectivity index (χ2n) is 5.91. The maximum absolute atomic E-state index is 13.8. The van der Waals surface area contributed by atoms with E-state index >= 15 is 0 Å². The molecule has 0 saturated carbocycles. The molecule has 0 aromatic heterocycles. The molecule has 1 N–H and O–H groups in total. The van der Waals surface area contributed by atoms with Gasteiger partial charge in [-0.15, -0.1) is 0 Å². The van der Waals surface area contributed by atoms with Crippen molar-refractivity contribution in [3.8, 4) is 0 Å². The summed E-state index contributed by atoms with van der Waals surface area (Å²) in [5.41, 5.74) is 0.769. The lowest BCUT2D eigenvalue weighted by molar-refractivity contribution is 0.316. The van der Waals surface area contributed by atoms with Crippen LogP contribution in [0.2, 0.25) is 5.02 Å². The van der Waals surface area contributed by atoms with Gasteiger partial charge in [-0.3, -0.25) is 0 Å². The first-order valence-corrected chi connectivity index (χ1v) is 6.86. The Bertz CT molecular complexity index is 388. The Morgan fingerprint density at radius 2 is 2.00 bits per heavy atom. The van der Waals surface area contributed by atoms with Crippen LogP contribution in [-0.2, 0) is 6.42 Å². The Kier molecular flexibility index (Phi) is 5.61. The van der Waals surface area contributed by atoms with Crippen LogP contribution in [0, 0.1) is 11.2 Å². The molecule has 0 amide bonds. The van der Waals surface area contributed by atoms with E-state index < -0.39 is 0 Å². The topological polar surface area (TPSA) is 12.0 Å². The lowest BCUT2D eigenvalue weighted by Gasteiger charge is -2.26. The van der Waals surface area contributed by atoms with Gasteiger partial charge in [0, 0.05) is 6.04 Å². The monoisotopic (exact) mass is 271 g/mol. The first-order valence-electron chi connectivity index (χ1n) is 6.48. The summed E-state index contributed by atoms with van der Waals surface area (Å²) in [6.07, 6.45) is 1.72. The summed E-state index contributed by atoms with van der Waals surface area (Å²) < 4.78 is 13.8. The zero-order valence-corrected chi connectivity index (χ0v) is 12.4. The minimum Gasteiger partial charge on any atom is -0.315 e. The van der Waals surface area contributed by atoms with Crippen molar-refractivity contribution < 1.29 is 4.39 Å². The molecule has 1 nitrogen and oxygen atoms in total. The largest absolute Gasteiger partial charge is 0.315 e. The van der Waals surface area contributed by atoms with Crippen LogP contribution in [0.25, 0.3) is 0 Å². The van der Waals surface area contributed by atoms with Crippen molar-refractivity contribution in [3.05, 3.63) is 34.6 Å². The average Bonchev–Trinajstić information content (AvgIpc) is 2.23. The van der Waals surface area contributed by atoms with Gasteiger partial charge >= 0.3 is 0 Å². The van der Waals surface area contributed by atoms with E-state index in [2.05, 4.69) is 33.0 Å². The Labute approximate surface area is 115 Å². The van der Waals surface area contributed by atoms with Gasteiger partial charge in [0.2, 0.25) is 0 Å². The van der Waals surface area contributed by atoms with Crippen LogP contribution < -0.4 is 5.32 Å². The first-order chi connectivity index (χ1) is 8.32. The second-order valence-corrected chi connectivity index (χ2v) is 6.32. The molecule has 0 heterocycles. The first kappa shape index (κ1) is 15.5. The third kappa shape index (κ3) is 4.95. The van der Waals surface area contributed by atoms with Crippen molar-refractivity contribution in [1.29, 1.82) is 0 Å². The SMILES string of the molecule is CC(C)NCCC(C)(C)Cc1cccc(Cl)c1F. The van der Waals surface area contributed by atoms with Gasteiger partial charge in [-0.05, 0) is 36.4 Å². The van der Waals surface area contributed by atoms with E-state index in [0.29, 0.717) is 18.0 Å². The molecule has 0 aliphatic carbocycles. The predicted octanol–water partition coefficient (Wildman–Crippen LogP) is 4.44. The predicted molar refractivity (Wildman–Crippen MR) is 76.7 cm³/mol. The quantitative estimate of drug-likeness (QED) is 0.807. The maximum atomic E-state index is 13.8. The van der Waals surface area contributed by atoms with Crippen molar-refractivity contribution in [2.24, 2.45) is 5.41 Å². The minimum atomic E-state index is -0.274. The van der Waals surface area contributed by atoms with Gasteiger partial charge in [-0.1, -0.05) is 51.4 Å². The third-order valence-electron chi connectivity index (χ3n) is 3.05. The molecule has 0 unspecified atom stereocenters. The fourth-order valence-electron chi connectivity index (χ4n) is 1.99. The zero-order valence-electron chi connectivity index (χ0n) is 11.7. The summed E-state index contributed by atoms with van der Waals surface area (Å²) in [6, 6.07) is 5.71. The fraction of sp³-hybridized carbons (Fsp3) is 0.600. The smallest absolute Gasteiger partial charge is 0.144 e. The maximum Gasteiger partial charge on any atom is 0.144 e. The molecule has 0 radical (unpaired) electrons. The van der Waals surface area contributed by atoms with Crippen molar-refractivity contribution in [2.45, 2.75) is 46.6 Å². The summed E-state index contributed by atoms with van der Waals surface area (Å²) >= 11 is 5.80. The molecule has 0 spiro atoms. The summed E-state index contributed by atoms with van der Waals surface area (Å²) in [5, 5.41) is 3.61. The van der Waals surface area contributed by atoms with Crippen molar-refractivity contribution in [3.63, 3.8) is 0 Å². The average molecular weight is 272 g/mol. The molecule has 0 atom stereocenters. The second kappa shape index (κ2) is 6.53. The highest BCUT2D eigenvalue weighted by Gasteiger charge is 2.20. The normalized spacial score (nSPS) is 12.2. The number of rotatable bonds is 6. The highest BCUT2D eigenvalue weighted by Crippen LogP contribution is 2.28. The van der Waals surface area contributed by atoms with Gasteiger partial charge in [0.15, 0.2) is 0 Å². The van der Waals surface area contributed by atoms with E-state index in [4.69, 9.17) is 11.6 Å². The highest BCUT2D eigenvalue weighted by atomic mass is 35.5. The molecule has 1 aromatic rings. The van der Waals surface area contributed by atoms with Crippen molar-refractivity contribution >= 4 is 11.6 Å². The Morgan fingerprint density at radius 1 is 1.33 bits per heavy atom. The Balaban J connectivity index is 2.61. The third-order valence-corrected chi connectivity index (χ3v) is 3.35. The summed E-state index contributed by atoms with van der Waals surface area (Å²) in [7, 11) is 0. The molecule has 102 valence electrons. The number of nitrogens with one attached hydrogen (secondary N) is 1. The number of hydrogen-bond acceptors (Lipinski definition) is 1. The van der Waals surface area contributed by atoms with E-state index in [1.807, 2.05) is 12.1 Å². The fourth-order valence-corrected chi connectivity index (χ4v) is 2.18. The van der Waals surface area contributed by atoms with Crippen molar-refractivity contribution in [1.82, 2.24) is 5.32 Å². The highest BCUT2D eigenvalue weighted by molar-refractivity contribution is 6.30. The van der Waals surface area contributed by atoms with E-state index in [9.17, 15) is 4.39 Å². The number of hydrogen-bond donors (Lipinski definition) is 1. The van der Waals surface area contributed by atoms with Gasteiger partial charge in [0.05, 0.1) is 5.02 Å². The van der Waals surface area contributed by atoms with E-state index in [1.165, 1.54) is 0 Å². The van der Waals surface area contributed by atoms with E-state index in [-0.39, 0.29) is 16.3 Å². The molecular formula is C15H23ClFN. The molecule has 0 aliphatic heterocycles. The van der Waals surface area contributed by atoms with Crippen LogP contribution in [0.1, 0.15) is 39.7 Å². The van der Waals surface area contributed by atoms with Crippen LogP contribution in [0.5, 0.6) is 0 Å². The van der Waals surface area contributed by atoms with E-state index in [1.54, 1.807) is 6.07 Å². The standard InChI is InChI=1S/C15H23ClFN/c1-11(2)18-9-8-15(3,4)10-12-6-5-7-13(16)14(12)17/h5-7,11,18H,8-10H2,1-4H3. The molecule has 3 heteroatoms. The summed E-state index contributed by atoms with van der Waals surface area (Å²) in [4.78, 5) is 0. The lowest BCUT2D eigenvalue weighted by atomic mass is 9.82. The molecule has 0 fully saturated rings. The number of halogens is 2. The van der Waals surface area contributed by atoms with Crippen molar-refractivity contribution in [2.75, 3.05) is 6.54 Å². The minimum absolute atomic E-state index is 0.0629. The molecular weight excluding hydrogens is 249 g/mol. The molecule has 0 aliphatic rings. The van der Waals surface area contributed by atoms with Crippen LogP contribution in [0.3, 0.4) is 0 Å². The molecule has 1 aromatic carbocycles. The van der Waals surface area contributed by atoms with Crippen LogP contribution in [0.4, 0.5) is 4.39 Å². The number of benzene rings is 1. The van der Waals surface area contributed by atoms with Gasteiger partial charge in [-0.2, -0.15) is 0 Å². The summed E-state index contributed by atoms with van der Waals surface area (Å²) in [5.74, 6) is -0.274. The van der Waals surface area contributed by atoms with Gasteiger partial charge in [0.1, 0.15) is 5.82 Å². The van der Waals surface area contributed by atoms with Crippen LogP contribution >= 0.6 is 11.6 Å². The van der Waals surface area contributed by atoms with Gasteiger partial charge < -0.3 is 5.32 Å². The summed E-state index contributed by atoms with van der Waals surface area (Å²) in [6.45, 7) is 9.53. The Hall–Kier alpha value is -0.600. The molecule has 18 heavy (non-hydrogen) atoms. The zero-order chi connectivity index (χ0) is 13.8. The van der Waals surface area contributed by atoms with Gasteiger partial charge in [0.25, 0.3) is 0 Å².